The van der Waals surface area contributed by atoms with Crippen LogP contribution in [0.1, 0.15) is 39.3 Å². The minimum Gasteiger partial charge on any atom is -0.459 e. The quantitative estimate of drug-likeness (QED) is 0.297. The average Bonchev–Trinajstić information content (AvgIpc) is 3.01. The molecular formula is C20H30FN3O9. The first-order valence-corrected chi connectivity index (χ1v) is 10.7. The number of aromatic nitrogens is 2. The third-order valence-electron chi connectivity index (χ3n) is 5.37. The fourth-order valence-electron chi connectivity index (χ4n) is 3.33. The predicted octanol–water partition coefficient (Wildman–Crippen LogP) is -0.500. The molecule has 186 valence electrons. The first-order chi connectivity index (χ1) is 15.6. The van der Waals surface area contributed by atoms with Gasteiger partial charge in [0.2, 0.25) is 0 Å². The molecule has 2 heterocycles. The average molecular weight is 475 g/mol. The van der Waals surface area contributed by atoms with Crippen LogP contribution >= 0.6 is 0 Å². The smallest absolute Gasteiger partial charge is 0.425 e. The van der Waals surface area contributed by atoms with E-state index >= 15 is 4.39 Å². The van der Waals surface area contributed by atoms with Gasteiger partial charge in [-0.05, 0) is 32.9 Å². The summed E-state index contributed by atoms with van der Waals surface area (Å²) in [6, 6.07) is 0.823. The standard InChI is InChI=1S/C20H30FN3O9/c1-4-12(5-2)17(28)32-11-20(21)15(27)14(26)16(33-20)23-9-7-13(25)24(18(23)29)19(30)31-10-6-8-22-3/h7,9,12,14-16,22,26-27H,4-6,8,10-11H2,1-3H3/t14-,15+,16-,20-/m1/s1. The highest BCUT2D eigenvalue weighted by molar-refractivity contribution is 5.72. The maximum absolute atomic E-state index is 15.2. The molecule has 3 N–H and O–H groups in total. The number of aliphatic hydroxyl groups is 2. The molecular weight excluding hydrogens is 445 g/mol. The van der Waals surface area contributed by atoms with Crippen molar-refractivity contribution in [1.82, 2.24) is 14.5 Å². The number of hydrogen-bond donors (Lipinski definition) is 3. The van der Waals surface area contributed by atoms with Crippen LogP contribution in [0.15, 0.2) is 21.9 Å². The molecule has 1 aliphatic rings. The molecule has 0 unspecified atom stereocenters. The summed E-state index contributed by atoms with van der Waals surface area (Å²) in [5.74, 6) is -4.20. The summed E-state index contributed by atoms with van der Waals surface area (Å²) in [7, 11) is 1.70. The topological polar surface area (TPSA) is 158 Å². The van der Waals surface area contributed by atoms with Crippen LogP contribution in [0, 0.1) is 5.92 Å². The van der Waals surface area contributed by atoms with Crippen molar-refractivity contribution in [2.75, 3.05) is 26.8 Å². The van der Waals surface area contributed by atoms with E-state index in [1.165, 1.54) is 0 Å². The number of nitrogens with zero attached hydrogens (tertiary/aromatic N) is 2. The Hall–Kier alpha value is -2.61. The van der Waals surface area contributed by atoms with Gasteiger partial charge in [0, 0.05) is 12.3 Å². The normalized spacial score (nSPS) is 24.8. The molecule has 0 spiro atoms. The number of carbonyl (C=O) groups excluding carboxylic acids is 2. The fourth-order valence-corrected chi connectivity index (χ4v) is 3.33. The van der Waals surface area contributed by atoms with Crippen LogP contribution in [0.2, 0.25) is 0 Å². The minimum absolute atomic E-state index is 0.0722. The Bertz CT molecular complexity index is 945. The zero-order chi connectivity index (χ0) is 24.8. The zero-order valence-electron chi connectivity index (χ0n) is 18.7. The van der Waals surface area contributed by atoms with Crippen molar-refractivity contribution in [1.29, 1.82) is 0 Å². The Morgan fingerprint density at radius 1 is 1.27 bits per heavy atom. The maximum atomic E-state index is 15.2. The van der Waals surface area contributed by atoms with Gasteiger partial charge in [-0.15, -0.1) is 0 Å². The number of esters is 1. The zero-order valence-corrected chi connectivity index (χ0v) is 18.7. The second-order valence-electron chi connectivity index (χ2n) is 7.60. The Balaban J connectivity index is 2.23. The molecule has 1 aromatic heterocycles. The van der Waals surface area contributed by atoms with Crippen LogP contribution in [-0.4, -0.2) is 76.3 Å². The summed E-state index contributed by atoms with van der Waals surface area (Å²) in [6.45, 7) is 2.94. The molecule has 0 saturated carbocycles. The van der Waals surface area contributed by atoms with Gasteiger partial charge < -0.3 is 29.7 Å². The van der Waals surface area contributed by atoms with Crippen molar-refractivity contribution in [2.45, 2.75) is 57.4 Å². The number of rotatable bonds is 10. The molecule has 12 nitrogen and oxygen atoms in total. The second-order valence-corrected chi connectivity index (χ2v) is 7.60. The summed E-state index contributed by atoms with van der Waals surface area (Å²) in [6.07, 6.45) is -4.99. The van der Waals surface area contributed by atoms with Gasteiger partial charge in [-0.25, -0.2) is 14.0 Å². The van der Waals surface area contributed by atoms with E-state index in [0.29, 0.717) is 30.4 Å². The largest absolute Gasteiger partial charge is 0.459 e. The minimum atomic E-state index is -3.03. The first-order valence-electron chi connectivity index (χ1n) is 10.7. The molecule has 2 rings (SSSR count). The van der Waals surface area contributed by atoms with E-state index in [1.54, 1.807) is 20.9 Å². The van der Waals surface area contributed by atoms with E-state index in [0.717, 1.165) is 12.3 Å². The van der Waals surface area contributed by atoms with E-state index in [9.17, 15) is 29.4 Å². The van der Waals surface area contributed by atoms with E-state index in [-0.39, 0.29) is 11.2 Å². The van der Waals surface area contributed by atoms with Crippen molar-refractivity contribution in [3.05, 3.63) is 33.1 Å². The first kappa shape index (κ1) is 26.6. The molecule has 0 bridgehead atoms. The molecule has 33 heavy (non-hydrogen) atoms. The van der Waals surface area contributed by atoms with Crippen LogP contribution in [0.25, 0.3) is 0 Å². The second kappa shape index (κ2) is 11.5. The molecule has 0 radical (unpaired) electrons. The number of halogens is 1. The van der Waals surface area contributed by atoms with Gasteiger partial charge in [0.25, 0.3) is 11.4 Å². The summed E-state index contributed by atoms with van der Waals surface area (Å²) in [5.41, 5.74) is -2.27. The number of nitrogens with one attached hydrogen (secondary N) is 1. The lowest BCUT2D eigenvalue weighted by Crippen LogP contribution is -2.46. The highest BCUT2D eigenvalue weighted by Crippen LogP contribution is 2.38. The van der Waals surface area contributed by atoms with Gasteiger partial charge in [0.15, 0.2) is 12.8 Å². The van der Waals surface area contributed by atoms with Crippen LogP contribution in [-0.2, 0) is 19.0 Å². The molecule has 1 aliphatic heterocycles. The van der Waals surface area contributed by atoms with Crippen LogP contribution in [0.5, 0.6) is 0 Å². The Labute approximate surface area is 188 Å². The van der Waals surface area contributed by atoms with E-state index in [2.05, 4.69) is 5.32 Å². The van der Waals surface area contributed by atoms with Crippen LogP contribution in [0.4, 0.5) is 9.18 Å². The number of hydrogen-bond acceptors (Lipinski definition) is 10. The monoisotopic (exact) mass is 475 g/mol. The predicted molar refractivity (Wildman–Crippen MR) is 111 cm³/mol. The Morgan fingerprint density at radius 3 is 2.55 bits per heavy atom. The summed E-state index contributed by atoms with van der Waals surface area (Å²) in [5, 5.41) is 23.3. The van der Waals surface area contributed by atoms with Crippen molar-refractivity contribution in [3.8, 4) is 0 Å². The highest BCUT2D eigenvalue weighted by atomic mass is 19.2. The molecule has 1 saturated heterocycles. The number of aliphatic hydroxyl groups excluding tert-OH is 2. The van der Waals surface area contributed by atoms with Crippen molar-refractivity contribution >= 4 is 12.1 Å². The summed E-state index contributed by atoms with van der Waals surface area (Å²) >= 11 is 0. The van der Waals surface area contributed by atoms with E-state index < -0.39 is 60.1 Å². The van der Waals surface area contributed by atoms with Crippen LogP contribution in [0.3, 0.4) is 0 Å². The maximum Gasteiger partial charge on any atom is 0.425 e. The molecule has 1 aromatic rings. The van der Waals surface area contributed by atoms with Crippen molar-refractivity contribution in [3.63, 3.8) is 0 Å². The van der Waals surface area contributed by atoms with E-state index in [4.69, 9.17) is 14.2 Å². The summed E-state index contributed by atoms with van der Waals surface area (Å²) in [4.78, 5) is 49.1. The highest BCUT2D eigenvalue weighted by Gasteiger charge is 2.57. The molecule has 0 aliphatic carbocycles. The third kappa shape index (κ3) is 5.85. The number of ether oxygens (including phenoxy) is 3. The summed E-state index contributed by atoms with van der Waals surface area (Å²) < 4.78 is 30.9. The van der Waals surface area contributed by atoms with E-state index in [1.807, 2.05) is 0 Å². The molecule has 0 amide bonds. The molecule has 0 aromatic carbocycles. The van der Waals surface area contributed by atoms with Crippen molar-refractivity contribution < 1.29 is 38.4 Å². The molecule has 13 heteroatoms. The van der Waals surface area contributed by atoms with Gasteiger partial charge in [0.1, 0.15) is 12.2 Å². The van der Waals surface area contributed by atoms with Gasteiger partial charge in [-0.3, -0.25) is 14.2 Å². The molecule has 4 atom stereocenters. The van der Waals surface area contributed by atoms with Gasteiger partial charge >= 0.3 is 17.8 Å². The number of carbonyl (C=O) groups is 2. The third-order valence-corrected chi connectivity index (χ3v) is 5.37. The Morgan fingerprint density at radius 2 is 1.94 bits per heavy atom. The lowest BCUT2D eigenvalue weighted by atomic mass is 10.0. The lowest BCUT2D eigenvalue weighted by molar-refractivity contribution is -0.218. The fraction of sp³-hybridized carbons (Fsp3) is 0.700. The molecule has 1 fully saturated rings. The number of alkyl halides is 1. The van der Waals surface area contributed by atoms with Gasteiger partial charge in [-0.1, -0.05) is 13.8 Å². The van der Waals surface area contributed by atoms with Gasteiger partial charge in [0.05, 0.1) is 12.5 Å². The SMILES string of the molecule is CCC(CC)C(=O)OC[C@@]1(F)O[C@@H](n2ccc(=O)n(C(=O)OCCCNC)c2=O)[C@H](O)[C@@H]1O. The van der Waals surface area contributed by atoms with Gasteiger partial charge in [-0.2, -0.15) is 4.57 Å². The Kier molecular flexibility index (Phi) is 9.28. The van der Waals surface area contributed by atoms with Crippen LogP contribution < -0.4 is 16.6 Å². The van der Waals surface area contributed by atoms with Crippen molar-refractivity contribution in [2.24, 2.45) is 5.92 Å². The lowest BCUT2D eigenvalue weighted by Gasteiger charge is -2.23.